The molecule has 1 N–H and O–H groups in total. The van der Waals surface area contributed by atoms with Gasteiger partial charge >= 0.3 is 5.69 Å². The molecule has 0 bridgehead atoms. The van der Waals surface area contributed by atoms with Gasteiger partial charge in [-0.1, -0.05) is 6.92 Å². The SMILES string of the molecule is CCC(Nc1cc([N+](=O)[O-])c(F)cc1F)c1ccco1. The zero-order chi connectivity index (χ0) is 14.7. The highest BCUT2D eigenvalue weighted by Crippen LogP contribution is 2.29. The number of hydrogen-bond acceptors (Lipinski definition) is 4. The number of benzene rings is 1. The molecule has 1 aromatic carbocycles. The van der Waals surface area contributed by atoms with E-state index in [2.05, 4.69) is 5.32 Å². The minimum atomic E-state index is -1.20. The van der Waals surface area contributed by atoms with Crippen LogP contribution in [0.3, 0.4) is 0 Å². The first-order valence-corrected chi connectivity index (χ1v) is 5.96. The number of hydrogen-bond donors (Lipinski definition) is 1. The number of nitro groups is 1. The van der Waals surface area contributed by atoms with E-state index in [0.717, 1.165) is 6.07 Å². The fraction of sp³-hybridized carbons (Fsp3) is 0.231. The lowest BCUT2D eigenvalue weighted by Crippen LogP contribution is -2.10. The van der Waals surface area contributed by atoms with Crippen molar-refractivity contribution < 1.29 is 18.1 Å². The smallest absolute Gasteiger partial charge is 0.307 e. The van der Waals surface area contributed by atoms with Gasteiger partial charge in [0, 0.05) is 12.1 Å². The van der Waals surface area contributed by atoms with Crippen molar-refractivity contribution in [3.63, 3.8) is 0 Å². The summed E-state index contributed by atoms with van der Waals surface area (Å²) in [6, 6.07) is 4.37. The van der Waals surface area contributed by atoms with Crippen LogP contribution in [0.15, 0.2) is 34.9 Å². The van der Waals surface area contributed by atoms with Crippen molar-refractivity contribution in [2.45, 2.75) is 19.4 Å². The first-order chi connectivity index (χ1) is 9.52. The number of nitro benzene ring substituents is 1. The van der Waals surface area contributed by atoms with Crippen LogP contribution >= 0.6 is 0 Å². The zero-order valence-electron chi connectivity index (χ0n) is 10.6. The van der Waals surface area contributed by atoms with Crippen molar-refractivity contribution in [3.8, 4) is 0 Å². The van der Waals surface area contributed by atoms with E-state index in [1.54, 1.807) is 12.1 Å². The van der Waals surface area contributed by atoms with Crippen LogP contribution in [-0.4, -0.2) is 4.92 Å². The Bertz CT molecular complexity index is 614. The number of anilines is 1. The average Bonchev–Trinajstić information content (AvgIpc) is 2.91. The Kier molecular flexibility index (Phi) is 3.97. The van der Waals surface area contributed by atoms with Gasteiger partial charge in [0.1, 0.15) is 11.6 Å². The Morgan fingerprint density at radius 3 is 2.70 bits per heavy atom. The van der Waals surface area contributed by atoms with E-state index in [9.17, 15) is 18.9 Å². The van der Waals surface area contributed by atoms with Crippen LogP contribution in [0.5, 0.6) is 0 Å². The molecule has 20 heavy (non-hydrogen) atoms. The second kappa shape index (κ2) is 5.68. The van der Waals surface area contributed by atoms with Crippen LogP contribution in [0.25, 0.3) is 0 Å². The third kappa shape index (κ3) is 2.76. The second-order valence-corrected chi connectivity index (χ2v) is 4.16. The number of furan rings is 1. The predicted molar refractivity (Wildman–Crippen MR) is 68.4 cm³/mol. The highest BCUT2D eigenvalue weighted by atomic mass is 19.1. The molecule has 106 valence electrons. The fourth-order valence-electron chi connectivity index (χ4n) is 1.84. The second-order valence-electron chi connectivity index (χ2n) is 4.16. The summed E-state index contributed by atoms with van der Waals surface area (Å²) in [7, 11) is 0. The van der Waals surface area contributed by atoms with E-state index in [-0.39, 0.29) is 11.7 Å². The molecule has 1 heterocycles. The van der Waals surface area contributed by atoms with Gasteiger partial charge in [0.05, 0.1) is 22.9 Å². The van der Waals surface area contributed by atoms with Gasteiger partial charge in [0.2, 0.25) is 5.82 Å². The highest BCUT2D eigenvalue weighted by molar-refractivity contribution is 5.54. The van der Waals surface area contributed by atoms with Crippen LogP contribution in [0.4, 0.5) is 20.2 Å². The summed E-state index contributed by atoms with van der Waals surface area (Å²) in [5, 5.41) is 13.4. The standard InChI is InChI=1S/C13H12F2N2O3/c1-2-10(13-4-3-5-20-13)16-11-7-12(17(18)19)9(15)6-8(11)14/h3-7,10,16H,2H2,1H3. The fourth-order valence-corrected chi connectivity index (χ4v) is 1.84. The third-order valence-corrected chi connectivity index (χ3v) is 2.86. The van der Waals surface area contributed by atoms with E-state index in [0.29, 0.717) is 18.2 Å². The molecule has 0 radical (unpaired) electrons. The summed E-state index contributed by atoms with van der Waals surface area (Å²) in [4.78, 5) is 9.77. The van der Waals surface area contributed by atoms with Gasteiger partial charge in [-0.05, 0) is 18.6 Å². The molecule has 2 aromatic rings. The molecule has 0 aliphatic carbocycles. The highest BCUT2D eigenvalue weighted by Gasteiger charge is 2.21. The minimum absolute atomic E-state index is 0.138. The normalized spacial score (nSPS) is 12.2. The Balaban J connectivity index is 2.33. The lowest BCUT2D eigenvalue weighted by atomic mass is 10.1. The Labute approximate surface area is 113 Å². The first kappa shape index (κ1) is 14.0. The summed E-state index contributed by atoms with van der Waals surface area (Å²) in [5.41, 5.74) is -0.912. The first-order valence-electron chi connectivity index (χ1n) is 5.96. The van der Waals surface area contributed by atoms with Gasteiger partial charge in [-0.3, -0.25) is 10.1 Å². The van der Waals surface area contributed by atoms with Crippen LogP contribution in [0.2, 0.25) is 0 Å². The van der Waals surface area contributed by atoms with Crippen molar-refractivity contribution in [2.75, 3.05) is 5.32 Å². The number of nitrogens with zero attached hydrogens (tertiary/aromatic N) is 1. The summed E-state index contributed by atoms with van der Waals surface area (Å²) < 4.78 is 32.1. The Morgan fingerprint density at radius 1 is 1.40 bits per heavy atom. The molecule has 5 nitrogen and oxygen atoms in total. The topological polar surface area (TPSA) is 68.3 Å². The van der Waals surface area contributed by atoms with E-state index < -0.39 is 22.2 Å². The third-order valence-electron chi connectivity index (χ3n) is 2.86. The largest absolute Gasteiger partial charge is 0.467 e. The van der Waals surface area contributed by atoms with Crippen LogP contribution in [0, 0.1) is 21.7 Å². The van der Waals surface area contributed by atoms with Gasteiger partial charge in [0.25, 0.3) is 0 Å². The monoisotopic (exact) mass is 282 g/mol. The van der Waals surface area contributed by atoms with Crippen LogP contribution in [0.1, 0.15) is 25.1 Å². The molecular weight excluding hydrogens is 270 g/mol. The van der Waals surface area contributed by atoms with Gasteiger partial charge in [-0.15, -0.1) is 0 Å². The molecule has 0 aliphatic heterocycles. The number of rotatable bonds is 5. The molecule has 1 atom stereocenters. The van der Waals surface area contributed by atoms with Gasteiger partial charge in [-0.2, -0.15) is 4.39 Å². The summed E-state index contributed by atoms with van der Waals surface area (Å²) in [6.45, 7) is 1.84. The summed E-state index contributed by atoms with van der Waals surface area (Å²) in [5.74, 6) is -1.53. The molecule has 0 saturated heterocycles. The van der Waals surface area contributed by atoms with Gasteiger partial charge in [0.15, 0.2) is 0 Å². The maximum atomic E-state index is 13.7. The molecule has 2 rings (SSSR count). The Morgan fingerprint density at radius 2 is 2.15 bits per heavy atom. The molecule has 0 aliphatic rings. The molecule has 0 fully saturated rings. The zero-order valence-corrected chi connectivity index (χ0v) is 10.6. The minimum Gasteiger partial charge on any atom is -0.467 e. The maximum Gasteiger partial charge on any atom is 0.307 e. The van der Waals surface area contributed by atoms with Crippen molar-refractivity contribution in [3.05, 3.63) is 58.0 Å². The summed E-state index contributed by atoms with van der Waals surface area (Å²) >= 11 is 0. The number of nitrogens with one attached hydrogen (secondary N) is 1. The van der Waals surface area contributed by atoms with E-state index in [4.69, 9.17) is 4.42 Å². The average molecular weight is 282 g/mol. The molecular formula is C13H12F2N2O3. The van der Waals surface area contributed by atoms with Crippen molar-refractivity contribution in [2.24, 2.45) is 0 Å². The van der Waals surface area contributed by atoms with Gasteiger partial charge < -0.3 is 9.73 Å². The lowest BCUT2D eigenvalue weighted by molar-refractivity contribution is -0.387. The van der Waals surface area contributed by atoms with E-state index in [1.807, 2.05) is 6.92 Å². The molecule has 0 saturated carbocycles. The molecule has 1 aromatic heterocycles. The van der Waals surface area contributed by atoms with Crippen molar-refractivity contribution in [1.29, 1.82) is 0 Å². The number of halogens is 2. The maximum absolute atomic E-state index is 13.7. The molecule has 7 heteroatoms. The van der Waals surface area contributed by atoms with Crippen molar-refractivity contribution in [1.82, 2.24) is 0 Å². The van der Waals surface area contributed by atoms with Crippen LogP contribution < -0.4 is 5.32 Å². The summed E-state index contributed by atoms with van der Waals surface area (Å²) in [6.07, 6.45) is 2.04. The predicted octanol–water partition coefficient (Wildman–Crippen LogP) is 4.03. The van der Waals surface area contributed by atoms with Crippen LogP contribution in [-0.2, 0) is 0 Å². The molecule has 0 amide bonds. The van der Waals surface area contributed by atoms with Gasteiger partial charge in [-0.25, -0.2) is 4.39 Å². The Hall–Kier alpha value is -2.44. The van der Waals surface area contributed by atoms with Crippen molar-refractivity contribution >= 4 is 11.4 Å². The molecule has 0 spiro atoms. The quantitative estimate of drug-likeness (QED) is 0.664. The lowest BCUT2D eigenvalue weighted by Gasteiger charge is -2.16. The van der Waals surface area contributed by atoms with E-state index in [1.165, 1.54) is 6.26 Å². The molecule has 1 unspecified atom stereocenters. The van der Waals surface area contributed by atoms with E-state index >= 15 is 0 Å².